The van der Waals surface area contributed by atoms with Crippen LogP contribution in [0.4, 0.5) is 18.9 Å². The van der Waals surface area contributed by atoms with Gasteiger partial charge in [-0.15, -0.1) is 23.1 Å². The molecule has 2 aromatic carbocycles. The van der Waals surface area contributed by atoms with Gasteiger partial charge in [-0.25, -0.2) is 0 Å². The molecule has 1 N–H and O–H groups in total. The number of rotatable bonds is 4. The Labute approximate surface area is 240 Å². The van der Waals surface area contributed by atoms with Crippen LogP contribution in [0.3, 0.4) is 0 Å². The average Bonchev–Trinajstić information content (AvgIpc) is 3.66. The van der Waals surface area contributed by atoms with Gasteiger partial charge in [0.25, 0.3) is 0 Å². The summed E-state index contributed by atoms with van der Waals surface area (Å²) in [7, 11) is 3.16. The third-order valence-corrected chi connectivity index (χ3v) is 11.9. The first-order chi connectivity index (χ1) is 19.1. The van der Waals surface area contributed by atoms with Crippen LogP contribution < -0.4 is 14.4 Å². The van der Waals surface area contributed by atoms with E-state index in [1.807, 2.05) is 18.2 Å². The van der Waals surface area contributed by atoms with Crippen LogP contribution in [-0.4, -0.2) is 36.3 Å². The quantitative estimate of drug-likeness (QED) is 0.270. The zero-order valence-corrected chi connectivity index (χ0v) is 23.7. The largest absolute Gasteiger partial charge is 0.493 e. The number of ether oxygens (including phenoxy) is 2. The maximum absolute atomic E-state index is 13.9. The lowest BCUT2D eigenvalue weighted by Crippen LogP contribution is -2.42. The Balaban J connectivity index is 1.30. The minimum absolute atomic E-state index is 0.0196. The van der Waals surface area contributed by atoms with Gasteiger partial charge in [0, 0.05) is 16.0 Å². The monoisotopic (exact) mass is 604 g/mol. The fourth-order valence-electron chi connectivity index (χ4n) is 7.51. The number of aromatic amines is 1. The number of H-pyrrole nitrogens is 1. The van der Waals surface area contributed by atoms with Gasteiger partial charge >= 0.3 is 6.18 Å². The molecule has 12 heteroatoms. The number of thioether (sulfide) groups is 1. The minimum Gasteiger partial charge on any atom is -0.493 e. The molecule has 2 aliphatic heterocycles. The number of methoxy groups -OCH3 is 2. The molecule has 0 radical (unpaired) electrons. The molecule has 208 valence electrons. The van der Waals surface area contributed by atoms with Crippen molar-refractivity contribution in [3.63, 3.8) is 0 Å². The maximum atomic E-state index is 13.9. The highest BCUT2D eigenvalue weighted by molar-refractivity contribution is 8.00. The normalized spacial score (nSPS) is 30.3. The Morgan fingerprint density at radius 2 is 1.73 bits per heavy atom. The lowest BCUT2D eigenvalue weighted by Gasteiger charge is -2.43. The standard InChI is InChI=1S/C28H23F3N2O4S3/c1-36-16-7-6-11(8-17(16)37-2)18-19-14-10-15(22(19)39-24-23(18)40-27(38)32-24)21-20(14)25(34)33(26(21)35)13-5-3-4-12(9-13)28(29,30)31/h3-9,14-15,18-22H,10H2,1-2H3,(H,32,38). The van der Waals surface area contributed by atoms with Crippen molar-refractivity contribution in [2.75, 3.05) is 19.1 Å². The van der Waals surface area contributed by atoms with Crippen LogP contribution in [0.25, 0.3) is 0 Å². The van der Waals surface area contributed by atoms with Crippen molar-refractivity contribution in [3.05, 3.63) is 62.4 Å². The number of anilines is 1. The molecule has 7 rings (SSSR count). The molecular formula is C28H23F3N2O4S3. The molecule has 40 heavy (non-hydrogen) atoms. The summed E-state index contributed by atoms with van der Waals surface area (Å²) < 4.78 is 52.0. The molecule has 2 saturated carbocycles. The summed E-state index contributed by atoms with van der Waals surface area (Å²) in [6, 6.07) is 10.3. The summed E-state index contributed by atoms with van der Waals surface area (Å²) in [6.45, 7) is 0. The third-order valence-electron chi connectivity index (χ3n) is 8.92. The summed E-state index contributed by atoms with van der Waals surface area (Å²) in [4.78, 5) is 33.0. The predicted octanol–water partition coefficient (Wildman–Crippen LogP) is 6.52. The molecule has 1 saturated heterocycles. The number of benzene rings is 2. The number of imide groups is 1. The molecule has 2 bridgehead atoms. The van der Waals surface area contributed by atoms with E-state index in [9.17, 15) is 22.8 Å². The summed E-state index contributed by atoms with van der Waals surface area (Å²) in [5, 5.41) is 1.03. The number of alkyl halides is 3. The fourth-order valence-corrected chi connectivity index (χ4v) is 10.8. The summed E-state index contributed by atoms with van der Waals surface area (Å²) in [5.41, 5.74) is 0.104. The highest BCUT2D eigenvalue weighted by atomic mass is 32.2. The lowest BCUT2D eigenvalue weighted by atomic mass is 9.68. The second kappa shape index (κ2) is 9.09. The Morgan fingerprint density at radius 3 is 2.42 bits per heavy atom. The van der Waals surface area contributed by atoms with E-state index in [4.69, 9.17) is 21.7 Å². The fraction of sp³-hybridized carbons (Fsp3) is 0.393. The summed E-state index contributed by atoms with van der Waals surface area (Å²) in [6.07, 6.45) is -3.85. The van der Waals surface area contributed by atoms with E-state index < -0.39 is 35.4 Å². The van der Waals surface area contributed by atoms with Gasteiger partial charge in [-0.3, -0.25) is 14.5 Å². The molecule has 3 aromatic rings. The number of carbonyl (C=O) groups is 2. The van der Waals surface area contributed by atoms with Crippen LogP contribution in [0.2, 0.25) is 0 Å². The average molecular weight is 605 g/mol. The zero-order chi connectivity index (χ0) is 28.1. The first-order valence-corrected chi connectivity index (χ1v) is 14.9. The number of nitrogens with one attached hydrogen (secondary N) is 1. The second-order valence-corrected chi connectivity index (χ2v) is 13.5. The Bertz CT molecular complexity index is 1620. The summed E-state index contributed by atoms with van der Waals surface area (Å²) in [5.74, 6) is -0.912. The third kappa shape index (κ3) is 3.64. The second-order valence-electron chi connectivity index (χ2n) is 10.6. The highest BCUT2D eigenvalue weighted by Gasteiger charge is 2.69. The van der Waals surface area contributed by atoms with Crippen molar-refractivity contribution in [1.82, 2.24) is 4.98 Å². The number of amides is 2. The topological polar surface area (TPSA) is 71.6 Å². The van der Waals surface area contributed by atoms with Gasteiger partial charge in [0.05, 0.1) is 42.3 Å². The maximum Gasteiger partial charge on any atom is 0.416 e. The van der Waals surface area contributed by atoms with Crippen molar-refractivity contribution in [2.45, 2.75) is 28.8 Å². The highest BCUT2D eigenvalue weighted by Crippen LogP contribution is 2.69. The Kier molecular flexibility index (Phi) is 5.93. The molecule has 4 aliphatic rings. The van der Waals surface area contributed by atoms with E-state index in [0.717, 1.165) is 38.9 Å². The van der Waals surface area contributed by atoms with Gasteiger partial charge in [-0.05, 0) is 72.3 Å². The van der Waals surface area contributed by atoms with E-state index in [2.05, 4.69) is 4.98 Å². The lowest BCUT2D eigenvalue weighted by molar-refractivity contribution is -0.137. The SMILES string of the molecule is COc1ccc(C2c3sc(=S)[nH]c3SC3C4CC(C5C(=O)N(c6cccc(C(F)(F)F)c6)C(=O)C45)C23)cc1OC. The zero-order valence-electron chi connectivity index (χ0n) is 21.2. The van der Waals surface area contributed by atoms with Crippen molar-refractivity contribution in [1.29, 1.82) is 0 Å². The van der Waals surface area contributed by atoms with E-state index in [1.165, 1.54) is 23.5 Å². The Hall–Kier alpha value is -2.83. The number of nitrogens with zero attached hydrogens (tertiary/aromatic N) is 1. The number of fused-ring (bicyclic) bond motifs is 9. The Morgan fingerprint density at radius 1 is 1.00 bits per heavy atom. The van der Waals surface area contributed by atoms with Crippen LogP contribution in [0.15, 0.2) is 47.5 Å². The molecule has 6 nitrogen and oxygen atoms in total. The van der Waals surface area contributed by atoms with Crippen molar-refractivity contribution >= 4 is 52.8 Å². The smallest absolute Gasteiger partial charge is 0.416 e. The van der Waals surface area contributed by atoms with Gasteiger partial charge in [0.15, 0.2) is 15.5 Å². The van der Waals surface area contributed by atoms with Crippen LogP contribution in [0.5, 0.6) is 11.5 Å². The van der Waals surface area contributed by atoms with Gasteiger partial charge in [0.2, 0.25) is 11.8 Å². The van der Waals surface area contributed by atoms with E-state index in [1.54, 1.807) is 26.0 Å². The van der Waals surface area contributed by atoms with Crippen LogP contribution in [0.1, 0.15) is 28.3 Å². The number of thiazole rings is 1. The number of hydrogen-bond donors (Lipinski definition) is 1. The van der Waals surface area contributed by atoms with E-state index in [-0.39, 0.29) is 34.6 Å². The molecule has 7 atom stereocenters. The van der Waals surface area contributed by atoms with Crippen LogP contribution >= 0.6 is 35.3 Å². The molecule has 3 heterocycles. The minimum atomic E-state index is -4.58. The predicted molar refractivity (Wildman–Crippen MR) is 147 cm³/mol. The van der Waals surface area contributed by atoms with E-state index >= 15 is 0 Å². The van der Waals surface area contributed by atoms with Crippen molar-refractivity contribution in [3.8, 4) is 11.5 Å². The number of halogens is 3. The molecule has 2 amide bonds. The van der Waals surface area contributed by atoms with E-state index in [0.29, 0.717) is 15.5 Å². The summed E-state index contributed by atoms with van der Waals surface area (Å²) >= 11 is 8.71. The number of hydrogen-bond acceptors (Lipinski definition) is 7. The molecular weight excluding hydrogens is 582 g/mol. The van der Waals surface area contributed by atoms with Crippen LogP contribution in [0, 0.1) is 33.5 Å². The molecule has 0 spiro atoms. The molecule has 3 fully saturated rings. The van der Waals surface area contributed by atoms with Crippen LogP contribution in [-0.2, 0) is 15.8 Å². The van der Waals surface area contributed by atoms with Gasteiger partial charge in [-0.2, -0.15) is 13.2 Å². The molecule has 7 unspecified atom stereocenters. The van der Waals surface area contributed by atoms with Crippen molar-refractivity contribution < 1.29 is 32.2 Å². The first-order valence-electron chi connectivity index (χ1n) is 12.8. The molecule has 1 aromatic heterocycles. The number of carbonyl (C=O) groups excluding carboxylic acids is 2. The van der Waals surface area contributed by atoms with Crippen molar-refractivity contribution in [2.24, 2.45) is 29.6 Å². The van der Waals surface area contributed by atoms with Gasteiger partial charge in [0.1, 0.15) is 0 Å². The number of aromatic nitrogens is 1. The van der Waals surface area contributed by atoms with Gasteiger partial charge in [-0.1, -0.05) is 12.1 Å². The van der Waals surface area contributed by atoms with Gasteiger partial charge < -0.3 is 14.5 Å². The first kappa shape index (κ1) is 26.1. The molecule has 2 aliphatic carbocycles.